The molecule has 0 spiro atoms. The van der Waals surface area contributed by atoms with Crippen molar-refractivity contribution in [2.45, 2.75) is 90.1 Å². The molecule has 1 amide bonds. The van der Waals surface area contributed by atoms with Gasteiger partial charge in [-0.3, -0.25) is 9.59 Å². The predicted molar refractivity (Wildman–Crippen MR) is 121 cm³/mol. The number of hydrogen-bond donors (Lipinski definition) is 0. The Hall–Kier alpha value is -2.05. The van der Waals surface area contributed by atoms with Gasteiger partial charge in [0.15, 0.2) is 6.17 Å². The van der Waals surface area contributed by atoms with Crippen LogP contribution in [0.2, 0.25) is 0 Å². The molecule has 0 aliphatic rings. The summed E-state index contributed by atoms with van der Waals surface area (Å²) in [6.45, 7) is 2.98. The van der Waals surface area contributed by atoms with Crippen LogP contribution in [0.4, 0.5) is 13.2 Å². The van der Waals surface area contributed by atoms with Crippen molar-refractivity contribution in [2.75, 3.05) is 20.2 Å². The zero-order valence-electron chi connectivity index (χ0n) is 19.5. The van der Waals surface area contributed by atoms with Crippen LogP contribution in [0.15, 0.2) is 24.3 Å². The van der Waals surface area contributed by atoms with Crippen molar-refractivity contribution in [3.05, 3.63) is 29.8 Å². The fraction of sp³-hybridized carbons (Fsp3) is 0.680. The Kier molecular flexibility index (Phi) is 14.5. The number of carbonyl (C=O) groups excluding carboxylic acids is 2. The number of ether oxygens (including phenoxy) is 1. The summed E-state index contributed by atoms with van der Waals surface area (Å²) in [7, 11) is 1.75. The molecule has 0 aromatic heterocycles. The number of unbranched alkanes of at least 4 members (excludes halogenated alkanes) is 8. The third-order valence-corrected chi connectivity index (χ3v) is 5.48. The van der Waals surface area contributed by atoms with Gasteiger partial charge in [-0.1, -0.05) is 70.4 Å². The van der Waals surface area contributed by atoms with Crippen molar-refractivity contribution in [3.8, 4) is 5.75 Å². The van der Waals surface area contributed by atoms with Gasteiger partial charge in [0, 0.05) is 19.9 Å². The molecule has 0 saturated heterocycles. The van der Waals surface area contributed by atoms with Gasteiger partial charge in [-0.2, -0.15) is 0 Å². The second-order valence-electron chi connectivity index (χ2n) is 8.26. The Bertz CT molecular complexity index is 652. The van der Waals surface area contributed by atoms with Gasteiger partial charge in [0.1, 0.15) is 12.4 Å². The number of nitrogens with zero attached hydrogens (tertiary/aromatic N) is 1. The Labute approximate surface area is 190 Å². The Balaban J connectivity index is 2.16. The van der Waals surface area contributed by atoms with Gasteiger partial charge in [0.05, 0.1) is 6.54 Å². The van der Waals surface area contributed by atoms with E-state index in [1.807, 2.05) is 0 Å². The maximum atomic E-state index is 13.5. The maximum absolute atomic E-state index is 13.5. The molecule has 1 aromatic rings. The van der Waals surface area contributed by atoms with Crippen LogP contribution in [0.1, 0.15) is 76.7 Å². The fourth-order valence-electron chi connectivity index (χ4n) is 3.37. The SMILES string of the molecule is CCCCCCCCCCCC(=O)N(C)CCOc1ccc(CC(F)C(=O)C(F)F)cc1. The summed E-state index contributed by atoms with van der Waals surface area (Å²) in [6, 6.07) is 6.27. The molecular weight excluding hydrogens is 419 g/mol. The molecule has 32 heavy (non-hydrogen) atoms. The Morgan fingerprint density at radius 1 is 0.906 bits per heavy atom. The first kappa shape index (κ1) is 28.0. The van der Waals surface area contributed by atoms with Gasteiger partial charge < -0.3 is 9.64 Å². The highest BCUT2D eigenvalue weighted by molar-refractivity contribution is 5.86. The van der Waals surface area contributed by atoms with Crippen LogP contribution in [0, 0.1) is 0 Å². The molecule has 0 fully saturated rings. The van der Waals surface area contributed by atoms with E-state index in [9.17, 15) is 22.8 Å². The molecule has 0 heterocycles. The van der Waals surface area contributed by atoms with E-state index >= 15 is 0 Å². The number of alkyl halides is 3. The highest BCUT2D eigenvalue weighted by atomic mass is 19.3. The lowest BCUT2D eigenvalue weighted by molar-refractivity contribution is -0.134. The largest absolute Gasteiger partial charge is 0.492 e. The van der Waals surface area contributed by atoms with E-state index in [2.05, 4.69) is 6.92 Å². The lowest BCUT2D eigenvalue weighted by Gasteiger charge is -2.17. The molecule has 0 bridgehead atoms. The lowest BCUT2D eigenvalue weighted by Crippen LogP contribution is -2.30. The van der Waals surface area contributed by atoms with Crippen molar-refractivity contribution in [2.24, 2.45) is 0 Å². The molecule has 1 atom stereocenters. The normalized spacial score (nSPS) is 12.1. The number of ketones is 1. The van der Waals surface area contributed by atoms with Gasteiger partial charge >= 0.3 is 0 Å². The standard InChI is InChI=1S/C25H38F3NO3/c1-3-4-5-6-7-8-9-10-11-12-23(30)29(2)17-18-32-21-15-13-20(14-16-21)19-22(26)24(31)25(27)28/h13-16,22,25H,3-12,17-19H2,1-2H3. The van der Waals surface area contributed by atoms with E-state index in [1.165, 1.54) is 44.9 Å². The minimum Gasteiger partial charge on any atom is -0.492 e. The van der Waals surface area contributed by atoms with E-state index in [-0.39, 0.29) is 12.3 Å². The number of amides is 1. The van der Waals surface area contributed by atoms with Gasteiger partial charge in [-0.05, 0) is 24.1 Å². The van der Waals surface area contributed by atoms with E-state index in [0.717, 1.165) is 12.8 Å². The van der Waals surface area contributed by atoms with Gasteiger partial charge in [-0.25, -0.2) is 13.2 Å². The Morgan fingerprint density at radius 2 is 1.47 bits per heavy atom. The Morgan fingerprint density at radius 3 is 2.03 bits per heavy atom. The minimum atomic E-state index is -3.30. The molecule has 0 aliphatic carbocycles. The molecule has 0 saturated carbocycles. The lowest BCUT2D eigenvalue weighted by atomic mass is 10.1. The van der Waals surface area contributed by atoms with Crippen molar-refractivity contribution >= 4 is 11.7 Å². The van der Waals surface area contributed by atoms with E-state index in [0.29, 0.717) is 30.9 Å². The molecule has 0 N–H and O–H groups in total. The molecular formula is C25H38F3NO3. The first-order valence-corrected chi connectivity index (χ1v) is 11.8. The molecule has 1 aromatic carbocycles. The number of hydrogen-bond acceptors (Lipinski definition) is 3. The second-order valence-corrected chi connectivity index (χ2v) is 8.26. The predicted octanol–water partition coefficient (Wildman–Crippen LogP) is 6.16. The van der Waals surface area contributed by atoms with Crippen LogP contribution in [-0.4, -0.2) is 49.4 Å². The van der Waals surface area contributed by atoms with Crippen LogP contribution < -0.4 is 4.74 Å². The van der Waals surface area contributed by atoms with Crippen LogP contribution in [0.3, 0.4) is 0 Å². The van der Waals surface area contributed by atoms with Crippen LogP contribution in [-0.2, 0) is 16.0 Å². The van der Waals surface area contributed by atoms with Gasteiger partial charge in [0.25, 0.3) is 6.43 Å². The number of Topliss-reactive ketones (excluding diaryl/α,β-unsaturated/α-hetero) is 1. The molecule has 7 heteroatoms. The van der Waals surface area contributed by atoms with Crippen molar-refractivity contribution in [1.82, 2.24) is 4.90 Å². The maximum Gasteiger partial charge on any atom is 0.299 e. The first-order valence-electron chi connectivity index (χ1n) is 11.8. The van der Waals surface area contributed by atoms with Gasteiger partial charge in [-0.15, -0.1) is 0 Å². The van der Waals surface area contributed by atoms with Crippen LogP contribution in [0.25, 0.3) is 0 Å². The molecule has 1 unspecified atom stereocenters. The number of halogens is 3. The first-order chi connectivity index (χ1) is 15.3. The molecule has 1 rings (SSSR count). The van der Waals surface area contributed by atoms with E-state index in [1.54, 1.807) is 36.2 Å². The number of benzene rings is 1. The monoisotopic (exact) mass is 457 g/mol. The average Bonchev–Trinajstić information content (AvgIpc) is 2.78. The molecule has 0 aliphatic heterocycles. The summed E-state index contributed by atoms with van der Waals surface area (Å²) in [5, 5.41) is 0. The fourth-order valence-corrected chi connectivity index (χ4v) is 3.37. The summed E-state index contributed by atoms with van der Waals surface area (Å²) in [5.74, 6) is -1.06. The van der Waals surface area contributed by atoms with Crippen molar-refractivity contribution in [1.29, 1.82) is 0 Å². The highest BCUT2D eigenvalue weighted by Crippen LogP contribution is 2.16. The molecule has 182 valence electrons. The average molecular weight is 458 g/mol. The summed E-state index contributed by atoms with van der Waals surface area (Å²) in [5.41, 5.74) is 0.437. The van der Waals surface area contributed by atoms with Crippen LogP contribution in [0.5, 0.6) is 5.75 Å². The number of rotatable bonds is 18. The third-order valence-electron chi connectivity index (χ3n) is 5.48. The number of carbonyl (C=O) groups is 2. The zero-order chi connectivity index (χ0) is 23.8. The quantitative estimate of drug-likeness (QED) is 0.248. The minimum absolute atomic E-state index is 0.101. The molecule has 4 nitrogen and oxygen atoms in total. The summed E-state index contributed by atoms with van der Waals surface area (Å²) >= 11 is 0. The van der Waals surface area contributed by atoms with Gasteiger partial charge in [0.2, 0.25) is 11.7 Å². The zero-order valence-corrected chi connectivity index (χ0v) is 19.5. The third kappa shape index (κ3) is 12.1. The molecule has 0 radical (unpaired) electrons. The van der Waals surface area contributed by atoms with Crippen molar-refractivity contribution in [3.63, 3.8) is 0 Å². The second kappa shape index (κ2) is 16.6. The van der Waals surface area contributed by atoms with Crippen molar-refractivity contribution < 1.29 is 27.5 Å². The summed E-state index contributed by atoms with van der Waals surface area (Å²) in [4.78, 5) is 24.8. The summed E-state index contributed by atoms with van der Waals surface area (Å²) < 4.78 is 43.6. The highest BCUT2D eigenvalue weighted by Gasteiger charge is 2.26. The smallest absolute Gasteiger partial charge is 0.299 e. The van der Waals surface area contributed by atoms with E-state index in [4.69, 9.17) is 4.74 Å². The topological polar surface area (TPSA) is 46.6 Å². The van der Waals surface area contributed by atoms with Crippen LogP contribution >= 0.6 is 0 Å². The summed E-state index contributed by atoms with van der Waals surface area (Å²) in [6.07, 6.45) is 5.57. The number of likely N-dealkylation sites (N-methyl/N-ethyl adjacent to an activating group) is 1. The van der Waals surface area contributed by atoms with E-state index < -0.39 is 18.4 Å².